The van der Waals surface area contributed by atoms with E-state index in [1.807, 2.05) is 11.0 Å². The second-order valence-electron chi connectivity index (χ2n) is 6.86. The van der Waals surface area contributed by atoms with E-state index in [-0.39, 0.29) is 17.1 Å². The number of benzene rings is 1. The van der Waals surface area contributed by atoms with E-state index < -0.39 is 0 Å². The van der Waals surface area contributed by atoms with Crippen molar-refractivity contribution in [3.63, 3.8) is 0 Å². The Morgan fingerprint density at radius 2 is 2.09 bits per heavy atom. The summed E-state index contributed by atoms with van der Waals surface area (Å²) in [5.41, 5.74) is 0.693. The van der Waals surface area contributed by atoms with Gasteiger partial charge >= 0.3 is 0 Å². The first kappa shape index (κ1) is 15.5. The van der Waals surface area contributed by atoms with Crippen LogP contribution in [0.15, 0.2) is 24.3 Å². The van der Waals surface area contributed by atoms with Gasteiger partial charge in [0, 0.05) is 25.7 Å². The fourth-order valence-electron chi connectivity index (χ4n) is 3.82. The Balaban J connectivity index is 1.68. The number of amides is 1. The first-order valence-corrected chi connectivity index (χ1v) is 8.32. The van der Waals surface area contributed by atoms with Crippen LogP contribution in [0, 0.1) is 11.2 Å². The van der Waals surface area contributed by atoms with E-state index in [2.05, 4.69) is 18.7 Å². The molecule has 120 valence electrons. The van der Waals surface area contributed by atoms with Crippen molar-refractivity contribution in [2.75, 3.05) is 19.6 Å². The molecule has 2 unspecified atom stereocenters. The smallest absolute Gasteiger partial charge is 0.230 e. The van der Waals surface area contributed by atoms with Crippen molar-refractivity contribution in [3.05, 3.63) is 35.6 Å². The van der Waals surface area contributed by atoms with E-state index in [1.165, 1.54) is 12.1 Å². The van der Waals surface area contributed by atoms with Crippen LogP contribution in [0.3, 0.4) is 0 Å². The third-order valence-electron chi connectivity index (χ3n) is 5.46. The molecule has 0 radical (unpaired) electrons. The molecular formula is C18H25FN2O. The number of carbonyl (C=O) groups is 1. The predicted molar refractivity (Wildman–Crippen MR) is 84.8 cm³/mol. The van der Waals surface area contributed by atoms with Gasteiger partial charge in [0.05, 0.1) is 5.41 Å². The van der Waals surface area contributed by atoms with Crippen molar-refractivity contribution in [2.24, 2.45) is 5.41 Å². The molecule has 22 heavy (non-hydrogen) atoms. The SMILES string of the molecule is CCC(C)N1CCC2(CCN(Cc3cccc(F)c3)C2=O)C1. The monoisotopic (exact) mass is 304 g/mol. The fraction of sp³-hybridized carbons (Fsp3) is 0.611. The summed E-state index contributed by atoms with van der Waals surface area (Å²) in [7, 11) is 0. The molecule has 1 spiro atoms. The van der Waals surface area contributed by atoms with Crippen molar-refractivity contribution in [1.82, 2.24) is 9.80 Å². The number of hydrogen-bond donors (Lipinski definition) is 0. The minimum absolute atomic E-state index is 0.184. The van der Waals surface area contributed by atoms with Gasteiger partial charge in [-0.2, -0.15) is 0 Å². The van der Waals surface area contributed by atoms with Crippen LogP contribution < -0.4 is 0 Å². The molecule has 0 saturated carbocycles. The second kappa shape index (κ2) is 5.99. The molecule has 2 aliphatic heterocycles. The zero-order chi connectivity index (χ0) is 15.7. The van der Waals surface area contributed by atoms with Gasteiger partial charge in [-0.05, 0) is 50.4 Å². The Hall–Kier alpha value is -1.42. The van der Waals surface area contributed by atoms with Crippen LogP contribution in [-0.4, -0.2) is 41.4 Å². The highest BCUT2D eigenvalue weighted by atomic mass is 19.1. The molecule has 0 N–H and O–H groups in total. The number of carbonyl (C=O) groups excluding carboxylic acids is 1. The van der Waals surface area contributed by atoms with Crippen molar-refractivity contribution >= 4 is 5.91 Å². The summed E-state index contributed by atoms with van der Waals surface area (Å²) in [6.07, 6.45) is 3.03. The van der Waals surface area contributed by atoms with Crippen LogP contribution in [0.25, 0.3) is 0 Å². The molecule has 2 heterocycles. The second-order valence-corrected chi connectivity index (χ2v) is 6.86. The number of hydrogen-bond acceptors (Lipinski definition) is 2. The maximum absolute atomic E-state index is 13.3. The average Bonchev–Trinajstić information content (AvgIpc) is 3.07. The summed E-state index contributed by atoms with van der Waals surface area (Å²) >= 11 is 0. The zero-order valence-corrected chi connectivity index (χ0v) is 13.5. The average molecular weight is 304 g/mol. The largest absolute Gasteiger partial charge is 0.338 e. The number of halogens is 1. The highest BCUT2D eigenvalue weighted by molar-refractivity contribution is 5.85. The Morgan fingerprint density at radius 3 is 2.82 bits per heavy atom. The lowest BCUT2D eigenvalue weighted by Gasteiger charge is -2.26. The molecule has 3 nitrogen and oxygen atoms in total. The quantitative estimate of drug-likeness (QED) is 0.853. The maximum atomic E-state index is 13.3. The van der Waals surface area contributed by atoms with Crippen LogP contribution in [0.5, 0.6) is 0 Å². The molecule has 1 amide bonds. The Morgan fingerprint density at radius 1 is 1.32 bits per heavy atom. The molecule has 1 aromatic carbocycles. The zero-order valence-electron chi connectivity index (χ0n) is 13.5. The van der Waals surface area contributed by atoms with Gasteiger partial charge in [0.25, 0.3) is 0 Å². The van der Waals surface area contributed by atoms with Crippen molar-refractivity contribution < 1.29 is 9.18 Å². The standard InChI is InChI=1S/C18H25FN2O/c1-3-14(2)21-10-8-18(13-21)7-9-20(17(18)22)12-15-5-4-6-16(19)11-15/h4-6,11,14H,3,7-10,12-13H2,1-2H3. The molecular weight excluding hydrogens is 279 g/mol. The highest BCUT2D eigenvalue weighted by Crippen LogP contribution is 2.41. The molecule has 0 aliphatic carbocycles. The normalized spacial score (nSPS) is 27.0. The molecule has 2 aliphatic rings. The lowest BCUT2D eigenvalue weighted by Crippen LogP contribution is -2.38. The van der Waals surface area contributed by atoms with Crippen LogP contribution in [-0.2, 0) is 11.3 Å². The van der Waals surface area contributed by atoms with E-state index in [0.717, 1.165) is 44.5 Å². The van der Waals surface area contributed by atoms with Crippen molar-refractivity contribution in [2.45, 2.75) is 45.7 Å². The summed E-state index contributed by atoms with van der Waals surface area (Å²) in [5, 5.41) is 0. The summed E-state index contributed by atoms with van der Waals surface area (Å²) in [4.78, 5) is 17.2. The molecule has 2 atom stereocenters. The van der Waals surface area contributed by atoms with Gasteiger partial charge in [0.15, 0.2) is 0 Å². The number of nitrogens with zero attached hydrogens (tertiary/aromatic N) is 2. The Labute approximate surface area is 132 Å². The van der Waals surface area contributed by atoms with E-state index in [0.29, 0.717) is 12.6 Å². The van der Waals surface area contributed by atoms with E-state index >= 15 is 0 Å². The lowest BCUT2D eigenvalue weighted by molar-refractivity contribution is -0.136. The molecule has 0 aromatic heterocycles. The van der Waals surface area contributed by atoms with E-state index in [4.69, 9.17) is 0 Å². The summed E-state index contributed by atoms with van der Waals surface area (Å²) in [6, 6.07) is 7.11. The van der Waals surface area contributed by atoms with Gasteiger partial charge in [-0.3, -0.25) is 9.69 Å². The van der Waals surface area contributed by atoms with Gasteiger partial charge < -0.3 is 4.90 Å². The highest BCUT2D eigenvalue weighted by Gasteiger charge is 2.50. The third-order valence-corrected chi connectivity index (χ3v) is 5.46. The lowest BCUT2D eigenvalue weighted by atomic mass is 9.85. The molecule has 2 fully saturated rings. The molecule has 0 bridgehead atoms. The van der Waals surface area contributed by atoms with Crippen LogP contribution >= 0.6 is 0 Å². The van der Waals surface area contributed by atoms with Gasteiger partial charge in [0.2, 0.25) is 5.91 Å². The maximum Gasteiger partial charge on any atom is 0.230 e. The van der Waals surface area contributed by atoms with Gasteiger partial charge in [0.1, 0.15) is 5.82 Å². The minimum Gasteiger partial charge on any atom is -0.338 e. The Kier molecular flexibility index (Phi) is 4.22. The summed E-state index contributed by atoms with van der Waals surface area (Å²) < 4.78 is 13.3. The topological polar surface area (TPSA) is 23.6 Å². The molecule has 2 saturated heterocycles. The van der Waals surface area contributed by atoms with Crippen molar-refractivity contribution in [1.29, 1.82) is 0 Å². The third kappa shape index (κ3) is 2.76. The van der Waals surface area contributed by atoms with Gasteiger partial charge in [-0.1, -0.05) is 19.1 Å². The fourth-order valence-corrected chi connectivity index (χ4v) is 3.82. The Bertz CT molecular complexity index is 562. The molecule has 4 heteroatoms. The molecule has 3 rings (SSSR count). The van der Waals surface area contributed by atoms with E-state index in [9.17, 15) is 9.18 Å². The molecule has 1 aromatic rings. The first-order valence-electron chi connectivity index (χ1n) is 8.32. The number of rotatable bonds is 4. The van der Waals surface area contributed by atoms with Crippen LogP contribution in [0.1, 0.15) is 38.7 Å². The number of likely N-dealkylation sites (tertiary alicyclic amines) is 2. The summed E-state index contributed by atoms with van der Waals surface area (Å²) in [6.45, 7) is 7.67. The minimum atomic E-state index is -0.234. The van der Waals surface area contributed by atoms with E-state index in [1.54, 1.807) is 6.07 Å². The predicted octanol–water partition coefficient (Wildman–Crippen LogP) is 3.05. The van der Waals surface area contributed by atoms with Gasteiger partial charge in [-0.25, -0.2) is 4.39 Å². The van der Waals surface area contributed by atoms with Crippen LogP contribution in [0.2, 0.25) is 0 Å². The first-order chi connectivity index (χ1) is 10.5. The van der Waals surface area contributed by atoms with Gasteiger partial charge in [-0.15, -0.1) is 0 Å². The van der Waals surface area contributed by atoms with Crippen molar-refractivity contribution in [3.8, 4) is 0 Å². The summed E-state index contributed by atoms with van der Waals surface area (Å²) in [5.74, 6) is 0.0326. The van der Waals surface area contributed by atoms with Crippen LogP contribution in [0.4, 0.5) is 4.39 Å².